The molecule has 4 rings (SSSR count). The molecule has 0 bridgehead atoms. The van der Waals surface area contributed by atoms with Crippen molar-refractivity contribution in [3.8, 4) is 0 Å². The molecule has 2 N–H and O–H groups in total. The molecule has 5 nitrogen and oxygen atoms in total. The molecule has 3 heterocycles. The fourth-order valence-corrected chi connectivity index (χ4v) is 5.14. The van der Waals surface area contributed by atoms with E-state index in [1.807, 2.05) is 18.7 Å². The maximum absolute atomic E-state index is 12.8. The molecule has 1 aromatic carbocycles. The highest BCUT2D eigenvalue weighted by Crippen LogP contribution is 2.44. The Kier molecular flexibility index (Phi) is 3.98. The molecule has 25 heavy (non-hydrogen) atoms. The second-order valence-corrected chi connectivity index (χ2v) is 9.49. The summed E-state index contributed by atoms with van der Waals surface area (Å²) in [6, 6.07) is 8.13. The first kappa shape index (κ1) is 16.8. The van der Waals surface area contributed by atoms with E-state index in [0.717, 1.165) is 32.5 Å². The molecular weight excluding hydrogens is 334 g/mol. The maximum Gasteiger partial charge on any atom is 0.246 e. The number of benzene rings is 1. The molecule has 3 aliphatic rings. The molecule has 1 spiro atoms. The van der Waals surface area contributed by atoms with E-state index in [0.29, 0.717) is 5.75 Å². The number of likely N-dealkylation sites (tertiary alicyclic amines) is 1. The molecule has 0 saturated carbocycles. The third-order valence-electron chi connectivity index (χ3n) is 5.91. The second-order valence-electron chi connectivity index (χ2n) is 7.85. The first-order valence-corrected chi connectivity index (χ1v) is 9.97. The fourth-order valence-electron chi connectivity index (χ4n) is 4.14. The normalized spacial score (nSPS) is 26.7. The van der Waals surface area contributed by atoms with Crippen LogP contribution in [-0.2, 0) is 15.0 Å². The van der Waals surface area contributed by atoms with Crippen LogP contribution in [0.5, 0.6) is 0 Å². The molecular formula is C19H25N3O2S. The van der Waals surface area contributed by atoms with Gasteiger partial charge in [0.2, 0.25) is 11.8 Å². The van der Waals surface area contributed by atoms with Gasteiger partial charge in [0, 0.05) is 36.5 Å². The number of nitrogens with zero attached hydrogens (tertiary/aromatic N) is 1. The minimum Gasteiger partial charge on any atom is -0.384 e. The van der Waals surface area contributed by atoms with Crippen LogP contribution < -0.4 is 10.6 Å². The van der Waals surface area contributed by atoms with E-state index >= 15 is 0 Å². The Morgan fingerprint density at radius 2 is 1.96 bits per heavy atom. The highest BCUT2D eigenvalue weighted by Gasteiger charge is 2.44. The van der Waals surface area contributed by atoms with Gasteiger partial charge in [0.15, 0.2) is 0 Å². The van der Waals surface area contributed by atoms with Crippen molar-refractivity contribution in [2.45, 2.75) is 42.9 Å². The number of rotatable bonds is 1. The Morgan fingerprint density at radius 1 is 1.24 bits per heavy atom. The molecule has 0 aromatic heterocycles. The summed E-state index contributed by atoms with van der Waals surface area (Å²) in [5.41, 5.74) is 2.78. The average molecular weight is 359 g/mol. The number of carbonyl (C=O) groups is 2. The maximum atomic E-state index is 12.8. The highest BCUT2D eigenvalue weighted by atomic mass is 32.2. The number of piperidine rings is 1. The smallest absolute Gasteiger partial charge is 0.246 e. The number of hydrogen-bond acceptors (Lipinski definition) is 4. The van der Waals surface area contributed by atoms with Gasteiger partial charge in [-0.2, -0.15) is 0 Å². The van der Waals surface area contributed by atoms with Crippen LogP contribution in [-0.4, -0.2) is 52.9 Å². The lowest BCUT2D eigenvalue weighted by molar-refractivity contribution is -0.137. The number of anilines is 1. The largest absolute Gasteiger partial charge is 0.384 e. The minimum absolute atomic E-state index is 0.0375. The lowest BCUT2D eigenvalue weighted by Crippen LogP contribution is -2.59. The Balaban J connectivity index is 1.41. The van der Waals surface area contributed by atoms with E-state index < -0.39 is 4.75 Å². The second kappa shape index (κ2) is 5.94. The molecule has 2 fully saturated rings. The summed E-state index contributed by atoms with van der Waals surface area (Å²) in [4.78, 5) is 26.9. The quantitative estimate of drug-likeness (QED) is 0.805. The first-order chi connectivity index (χ1) is 11.9. The van der Waals surface area contributed by atoms with Crippen LogP contribution in [0.2, 0.25) is 0 Å². The van der Waals surface area contributed by atoms with Crippen molar-refractivity contribution in [1.29, 1.82) is 0 Å². The van der Waals surface area contributed by atoms with Gasteiger partial charge >= 0.3 is 0 Å². The zero-order chi connectivity index (χ0) is 17.7. The lowest BCUT2D eigenvalue weighted by Gasteiger charge is -2.42. The van der Waals surface area contributed by atoms with E-state index in [-0.39, 0.29) is 23.3 Å². The number of para-hydroxylation sites is 1. The fraction of sp³-hybridized carbons (Fsp3) is 0.579. The van der Waals surface area contributed by atoms with Crippen molar-refractivity contribution in [1.82, 2.24) is 10.2 Å². The Bertz CT molecular complexity index is 710. The van der Waals surface area contributed by atoms with Gasteiger partial charge in [-0.15, -0.1) is 11.8 Å². The number of carbonyl (C=O) groups excluding carboxylic acids is 2. The zero-order valence-electron chi connectivity index (χ0n) is 14.8. The highest BCUT2D eigenvalue weighted by molar-refractivity contribution is 8.01. The summed E-state index contributed by atoms with van der Waals surface area (Å²) in [6.45, 7) is 6.29. The van der Waals surface area contributed by atoms with Crippen molar-refractivity contribution >= 4 is 29.3 Å². The van der Waals surface area contributed by atoms with Gasteiger partial charge in [-0.3, -0.25) is 9.59 Å². The van der Waals surface area contributed by atoms with Gasteiger partial charge in [-0.05, 0) is 38.3 Å². The molecule has 2 saturated heterocycles. The van der Waals surface area contributed by atoms with E-state index in [9.17, 15) is 9.59 Å². The van der Waals surface area contributed by atoms with Gasteiger partial charge in [0.1, 0.15) is 6.04 Å². The van der Waals surface area contributed by atoms with Crippen molar-refractivity contribution in [2.24, 2.45) is 0 Å². The Morgan fingerprint density at radius 3 is 2.68 bits per heavy atom. The average Bonchev–Trinajstić information content (AvgIpc) is 2.96. The molecule has 1 atom stereocenters. The molecule has 2 amide bonds. The van der Waals surface area contributed by atoms with Gasteiger partial charge in [0.25, 0.3) is 0 Å². The summed E-state index contributed by atoms with van der Waals surface area (Å²) < 4.78 is -0.442. The zero-order valence-corrected chi connectivity index (χ0v) is 15.6. The summed E-state index contributed by atoms with van der Waals surface area (Å²) in [5, 5.41) is 6.44. The summed E-state index contributed by atoms with van der Waals surface area (Å²) in [7, 11) is 0. The molecule has 0 aliphatic carbocycles. The molecule has 6 heteroatoms. The first-order valence-electron chi connectivity index (χ1n) is 8.98. The third-order valence-corrected chi connectivity index (χ3v) is 7.32. The number of amides is 2. The molecule has 1 aromatic rings. The van der Waals surface area contributed by atoms with Crippen molar-refractivity contribution in [3.05, 3.63) is 29.8 Å². The molecule has 1 unspecified atom stereocenters. The monoisotopic (exact) mass is 359 g/mol. The van der Waals surface area contributed by atoms with E-state index in [2.05, 4.69) is 34.9 Å². The predicted octanol–water partition coefficient (Wildman–Crippen LogP) is 1.98. The van der Waals surface area contributed by atoms with Gasteiger partial charge in [-0.25, -0.2) is 0 Å². The van der Waals surface area contributed by atoms with E-state index in [1.54, 1.807) is 11.8 Å². The Hall–Kier alpha value is -1.69. The molecule has 3 aliphatic heterocycles. The standard InChI is InChI=1S/C19H25N3O2S/c1-18(2)17(24)21-15(11-25-18)16(23)22-9-7-19(8-10-22)12-20-14-6-4-3-5-13(14)19/h3-6,15,20H,7-12H2,1-2H3,(H,21,24). The molecule has 134 valence electrons. The summed E-state index contributed by atoms with van der Waals surface area (Å²) in [6.07, 6.45) is 1.95. The van der Waals surface area contributed by atoms with Crippen LogP contribution in [0.15, 0.2) is 24.3 Å². The Labute approximate surface area is 152 Å². The minimum atomic E-state index is -0.442. The van der Waals surface area contributed by atoms with E-state index in [4.69, 9.17) is 0 Å². The number of thioether (sulfide) groups is 1. The van der Waals surface area contributed by atoms with Crippen molar-refractivity contribution in [3.63, 3.8) is 0 Å². The van der Waals surface area contributed by atoms with Crippen LogP contribution in [0.25, 0.3) is 0 Å². The van der Waals surface area contributed by atoms with Crippen molar-refractivity contribution < 1.29 is 9.59 Å². The number of fused-ring (bicyclic) bond motifs is 2. The number of nitrogens with one attached hydrogen (secondary N) is 2. The topological polar surface area (TPSA) is 61.4 Å². The van der Waals surface area contributed by atoms with Crippen LogP contribution in [0.1, 0.15) is 32.3 Å². The predicted molar refractivity (Wildman–Crippen MR) is 101 cm³/mol. The SMILES string of the molecule is CC1(C)SCC(C(=O)N2CCC3(CC2)CNc2ccccc23)NC1=O. The molecule has 0 radical (unpaired) electrons. The summed E-state index contributed by atoms with van der Waals surface area (Å²) in [5.74, 6) is 0.693. The number of hydrogen-bond donors (Lipinski definition) is 2. The van der Waals surface area contributed by atoms with E-state index in [1.165, 1.54) is 11.3 Å². The van der Waals surface area contributed by atoms with Crippen LogP contribution >= 0.6 is 11.8 Å². The van der Waals surface area contributed by atoms with Crippen LogP contribution in [0.3, 0.4) is 0 Å². The van der Waals surface area contributed by atoms with Gasteiger partial charge in [0.05, 0.1) is 4.75 Å². The van der Waals surface area contributed by atoms with Crippen molar-refractivity contribution in [2.75, 3.05) is 30.7 Å². The van der Waals surface area contributed by atoms with Crippen LogP contribution in [0, 0.1) is 0 Å². The van der Waals surface area contributed by atoms with Crippen LogP contribution in [0.4, 0.5) is 5.69 Å². The lowest BCUT2D eigenvalue weighted by atomic mass is 9.74. The third kappa shape index (κ3) is 2.80. The summed E-state index contributed by atoms with van der Waals surface area (Å²) >= 11 is 1.57. The van der Waals surface area contributed by atoms with Gasteiger partial charge < -0.3 is 15.5 Å². The van der Waals surface area contributed by atoms with Gasteiger partial charge in [-0.1, -0.05) is 18.2 Å².